The van der Waals surface area contributed by atoms with Crippen LogP contribution in [0.4, 0.5) is 0 Å². The van der Waals surface area contributed by atoms with E-state index in [4.69, 9.17) is 0 Å². The van der Waals surface area contributed by atoms with Gasteiger partial charge in [-0.25, -0.2) is 0 Å². The molecule has 3 heteroatoms. The Bertz CT molecular complexity index is 349. The van der Waals surface area contributed by atoms with Gasteiger partial charge in [-0.1, -0.05) is 18.2 Å². The summed E-state index contributed by atoms with van der Waals surface area (Å²) in [5, 5.41) is 5.29. The highest BCUT2D eigenvalue weighted by Crippen LogP contribution is 2.36. The zero-order valence-corrected chi connectivity index (χ0v) is 11.7. The van der Waals surface area contributed by atoms with Gasteiger partial charge in [-0.3, -0.25) is 0 Å². The Balaban J connectivity index is 1.43. The Labute approximate surface area is 112 Å². The molecule has 1 saturated heterocycles. The molecule has 2 atom stereocenters. The summed E-state index contributed by atoms with van der Waals surface area (Å²) in [7, 11) is 0. The van der Waals surface area contributed by atoms with Gasteiger partial charge in [0.15, 0.2) is 0 Å². The lowest BCUT2D eigenvalue weighted by atomic mass is 10.1. The minimum atomic E-state index is 0.749. The third-order valence-electron chi connectivity index (χ3n) is 3.48. The zero-order valence-electron chi connectivity index (χ0n) is 10.0. The first-order valence-electron chi connectivity index (χ1n) is 6.49. The number of benzene rings is 1. The molecule has 1 nitrogen and oxygen atoms in total. The van der Waals surface area contributed by atoms with Gasteiger partial charge in [0.2, 0.25) is 0 Å². The molecule has 2 aliphatic rings. The van der Waals surface area contributed by atoms with E-state index in [2.05, 4.69) is 41.3 Å². The molecule has 0 amide bonds. The molecule has 2 aliphatic heterocycles. The monoisotopic (exact) mass is 265 g/mol. The van der Waals surface area contributed by atoms with Gasteiger partial charge in [0.1, 0.15) is 0 Å². The fourth-order valence-corrected chi connectivity index (χ4v) is 5.10. The van der Waals surface area contributed by atoms with Gasteiger partial charge >= 0.3 is 0 Å². The van der Waals surface area contributed by atoms with E-state index >= 15 is 0 Å². The second-order valence-corrected chi connectivity index (χ2v) is 7.60. The maximum atomic E-state index is 3.66. The first-order chi connectivity index (χ1) is 8.42. The van der Waals surface area contributed by atoms with Crippen molar-refractivity contribution in [1.82, 2.24) is 5.32 Å². The molecule has 2 heterocycles. The lowest BCUT2D eigenvalue weighted by molar-refractivity contribution is 0.631. The van der Waals surface area contributed by atoms with E-state index in [0.29, 0.717) is 0 Å². The van der Waals surface area contributed by atoms with Crippen LogP contribution in [-0.2, 0) is 6.42 Å². The summed E-state index contributed by atoms with van der Waals surface area (Å²) in [5.74, 6) is 1.37. The van der Waals surface area contributed by atoms with E-state index in [-0.39, 0.29) is 0 Å². The highest BCUT2D eigenvalue weighted by atomic mass is 32.2. The Morgan fingerprint density at radius 3 is 2.88 bits per heavy atom. The predicted molar refractivity (Wildman–Crippen MR) is 78.1 cm³/mol. The van der Waals surface area contributed by atoms with Gasteiger partial charge in [-0.15, -0.1) is 11.8 Å². The molecule has 1 fully saturated rings. The summed E-state index contributed by atoms with van der Waals surface area (Å²) in [4.78, 5) is 1.49. The highest BCUT2D eigenvalue weighted by molar-refractivity contribution is 8.00. The van der Waals surface area contributed by atoms with Crippen molar-refractivity contribution in [2.45, 2.75) is 34.7 Å². The fourth-order valence-electron chi connectivity index (χ4n) is 2.58. The summed E-state index contributed by atoms with van der Waals surface area (Å²) in [6.07, 6.45) is 4.07. The standard InChI is InChI=1S/C14H19NS2/c1-2-6-14-11(4-1)8-13(17-14)10-15-9-12-5-3-7-16-12/h1-2,4,6,12-13,15H,3,5,7-10H2. The van der Waals surface area contributed by atoms with Crippen molar-refractivity contribution < 1.29 is 0 Å². The van der Waals surface area contributed by atoms with Crippen molar-refractivity contribution in [3.05, 3.63) is 29.8 Å². The van der Waals surface area contributed by atoms with E-state index < -0.39 is 0 Å². The van der Waals surface area contributed by atoms with Crippen LogP contribution < -0.4 is 5.32 Å². The molecule has 0 aliphatic carbocycles. The van der Waals surface area contributed by atoms with Crippen LogP contribution in [0.2, 0.25) is 0 Å². The van der Waals surface area contributed by atoms with Gasteiger partial charge in [0.25, 0.3) is 0 Å². The number of rotatable bonds is 4. The van der Waals surface area contributed by atoms with Crippen molar-refractivity contribution in [2.75, 3.05) is 18.8 Å². The van der Waals surface area contributed by atoms with Crippen LogP contribution in [0.3, 0.4) is 0 Å². The van der Waals surface area contributed by atoms with Gasteiger partial charge in [0, 0.05) is 28.5 Å². The van der Waals surface area contributed by atoms with Crippen LogP contribution in [0.1, 0.15) is 18.4 Å². The maximum absolute atomic E-state index is 3.66. The van der Waals surface area contributed by atoms with Gasteiger partial charge in [0.05, 0.1) is 0 Å². The number of nitrogens with one attached hydrogen (secondary N) is 1. The van der Waals surface area contributed by atoms with E-state index in [0.717, 1.165) is 17.0 Å². The van der Waals surface area contributed by atoms with Crippen molar-refractivity contribution in [1.29, 1.82) is 0 Å². The number of hydrogen-bond acceptors (Lipinski definition) is 3. The minimum Gasteiger partial charge on any atom is -0.315 e. The second kappa shape index (κ2) is 5.68. The molecular formula is C14H19NS2. The molecular weight excluding hydrogens is 246 g/mol. The smallest absolute Gasteiger partial charge is 0.0260 e. The quantitative estimate of drug-likeness (QED) is 0.898. The summed E-state index contributed by atoms with van der Waals surface area (Å²) in [5.41, 5.74) is 1.54. The number of fused-ring (bicyclic) bond motifs is 1. The van der Waals surface area contributed by atoms with Crippen LogP contribution in [0.15, 0.2) is 29.2 Å². The molecule has 0 aromatic heterocycles. The largest absolute Gasteiger partial charge is 0.315 e. The minimum absolute atomic E-state index is 0.749. The lowest BCUT2D eigenvalue weighted by Gasteiger charge is -2.13. The fraction of sp³-hybridized carbons (Fsp3) is 0.571. The predicted octanol–water partition coefficient (Wildman–Crippen LogP) is 3.19. The molecule has 0 saturated carbocycles. The molecule has 3 rings (SSSR count). The highest BCUT2D eigenvalue weighted by Gasteiger charge is 2.22. The van der Waals surface area contributed by atoms with Crippen LogP contribution in [0.25, 0.3) is 0 Å². The Morgan fingerprint density at radius 2 is 2.06 bits per heavy atom. The molecule has 0 bridgehead atoms. The number of thioether (sulfide) groups is 2. The average Bonchev–Trinajstić information content (AvgIpc) is 2.96. The number of hydrogen-bond donors (Lipinski definition) is 1. The third kappa shape index (κ3) is 3.01. The second-order valence-electron chi connectivity index (χ2n) is 4.84. The van der Waals surface area contributed by atoms with E-state index in [1.165, 1.54) is 36.5 Å². The van der Waals surface area contributed by atoms with E-state index in [1.54, 1.807) is 5.56 Å². The van der Waals surface area contributed by atoms with Gasteiger partial charge in [-0.05, 0) is 36.6 Å². The molecule has 92 valence electrons. The molecule has 17 heavy (non-hydrogen) atoms. The van der Waals surface area contributed by atoms with Crippen molar-refractivity contribution in [3.8, 4) is 0 Å². The molecule has 0 radical (unpaired) electrons. The van der Waals surface area contributed by atoms with E-state index in [9.17, 15) is 0 Å². The summed E-state index contributed by atoms with van der Waals surface area (Å²) in [6, 6.07) is 8.84. The van der Waals surface area contributed by atoms with Gasteiger partial charge in [-0.2, -0.15) is 11.8 Å². The molecule has 1 aromatic carbocycles. The third-order valence-corrected chi connectivity index (χ3v) is 6.20. The van der Waals surface area contributed by atoms with E-state index in [1.807, 2.05) is 11.8 Å². The van der Waals surface area contributed by atoms with Crippen LogP contribution >= 0.6 is 23.5 Å². The van der Waals surface area contributed by atoms with Crippen LogP contribution in [0.5, 0.6) is 0 Å². The Hall–Kier alpha value is -0.120. The topological polar surface area (TPSA) is 12.0 Å². The lowest BCUT2D eigenvalue weighted by Crippen LogP contribution is -2.29. The average molecular weight is 265 g/mol. The first kappa shape index (κ1) is 11.9. The summed E-state index contributed by atoms with van der Waals surface area (Å²) < 4.78 is 0. The summed E-state index contributed by atoms with van der Waals surface area (Å²) >= 11 is 4.19. The Kier molecular flexibility index (Phi) is 3.99. The maximum Gasteiger partial charge on any atom is 0.0260 e. The molecule has 0 spiro atoms. The van der Waals surface area contributed by atoms with Crippen molar-refractivity contribution >= 4 is 23.5 Å². The zero-order chi connectivity index (χ0) is 11.5. The molecule has 1 aromatic rings. The Morgan fingerprint density at radius 1 is 1.18 bits per heavy atom. The van der Waals surface area contributed by atoms with Crippen LogP contribution in [0, 0.1) is 0 Å². The summed E-state index contributed by atoms with van der Waals surface area (Å²) in [6.45, 7) is 2.37. The normalized spacial score (nSPS) is 27.3. The molecule has 1 N–H and O–H groups in total. The van der Waals surface area contributed by atoms with Crippen molar-refractivity contribution in [2.24, 2.45) is 0 Å². The van der Waals surface area contributed by atoms with Gasteiger partial charge < -0.3 is 5.32 Å². The molecule has 2 unspecified atom stereocenters. The van der Waals surface area contributed by atoms with Crippen LogP contribution in [-0.4, -0.2) is 29.3 Å². The SMILES string of the molecule is c1ccc2c(c1)CC(CNCC1CCCS1)S2. The van der Waals surface area contributed by atoms with Crippen molar-refractivity contribution in [3.63, 3.8) is 0 Å². The first-order valence-corrected chi connectivity index (χ1v) is 8.41.